The van der Waals surface area contributed by atoms with Gasteiger partial charge in [0.2, 0.25) is 0 Å². The maximum Gasteiger partial charge on any atom is 0.433 e. The molecule has 0 aliphatic carbocycles. The average molecular weight is 456 g/mol. The van der Waals surface area contributed by atoms with Crippen molar-refractivity contribution < 1.29 is 52.7 Å². The van der Waals surface area contributed by atoms with Crippen molar-refractivity contribution in [2.75, 3.05) is 0 Å². The van der Waals surface area contributed by atoms with E-state index in [1.54, 1.807) is 0 Å². The van der Waals surface area contributed by atoms with Crippen LogP contribution in [0.2, 0.25) is 0 Å². The van der Waals surface area contributed by atoms with Crippen LogP contribution in [0.1, 0.15) is 33.9 Å². The van der Waals surface area contributed by atoms with Crippen LogP contribution in [0.15, 0.2) is 24.3 Å². The van der Waals surface area contributed by atoms with Crippen LogP contribution >= 0.6 is 0 Å². The predicted octanol–water partition coefficient (Wildman–Crippen LogP) is 6.34. The standard InChI is InChI=1S/C16H8F12N2/c17-13(18,19)9-3-7(4-10(29-9)14(20,21)22)1-2-8-5-11(15(23,24)25)30-12(6-8)16(26,27)28/h3-6H,1-2H2. The summed E-state index contributed by atoms with van der Waals surface area (Å²) in [6, 6.07) is 0.967. The van der Waals surface area contributed by atoms with Crippen molar-refractivity contribution in [1.82, 2.24) is 9.97 Å². The summed E-state index contributed by atoms with van der Waals surface area (Å²) in [5.74, 6) is 0. The van der Waals surface area contributed by atoms with Crippen molar-refractivity contribution >= 4 is 0 Å². The third-order valence-corrected chi connectivity index (χ3v) is 3.63. The number of alkyl halides is 12. The fourth-order valence-corrected chi connectivity index (χ4v) is 2.33. The highest BCUT2D eigenvalue weighted by Gasteiger charge is 2.40. The van der Waals surface area contributed by atoms with Crippen molar-refractivity contribution in [3.8, 4) is 0 Å². The Morgan fingerprint density at radius 1 is 0.433 bits per heavy atom. The van der Waals surface area contributed by atoms with Crippen LogP contribution in [0, 0.1) is 0 Å². The number of nitrogens with zero attached hydrogens (tertiary/aromatic N) is 2. The lowest BCUT2D eigenvalue weighted by Crippen LogP contribution is -2.17. The quantitative estimate of drug-likeness (QED) is 0.504. The van der Waals surface area contributed by atoms with Crippen LogP contribution in [0.3, 0.4) is 0 Å². The molecule has 0 bridgehead atoms. The smallest absolute Gasteiger partial charge is 0.239 e. The fraction of sp³-hybridized carbons (Fsp3) is 0.375. The first kappa shape index (κ1) is 23.7. The van der Waals surface area contributed by atoms with Crippen molar-refractivity contribution in [3.05, 3.63) is 58.2 Å². The molecule has 166 valence electrons. The molecule has 30 heavy (non-hydrogen) atoms. The Bertz CT molecular complexity index is 766. The number of aromatic nitrogens is 2. The minimum absolute atomic E-state index is 0.242. The molecule has 2 heterocycles. The van der Waals surface area contributed by atoms with Crippen LogP contribution in [-0.4, -0.2) is 9.97 Å². The second kappa shape index (κ2) is 7.61. The molecule has 14 heteroatoms. The summed E-state index contributed by atoms with van der Waals surface area (Å²) in [5, 5.41) is 0. The van der Waals surface area contributed by atoms with Gasteiger partial charge in [-0.05, 0) is 48.2 Å². The SMILES string of the molecule is FC(F)(F)c1cc(CCc2cc(C(F)(F)F)nc(C(F)(F)F)c2)cc(C(F)(F)F)n1. The molecule has 0 radical (unpaired) electrons. The van der Waals surface area contributed by atoms with Gasteiger partial charge in [0.15, 0.2) is 0 Å². The minimum Gasteiger partial charge on any atom is -0.239 e. The van der Waals surface area contributed by atoms with Gasteiger partial charge in [-0.25, -0.2) is 9.97 Å². The van der Waals surface area contributed by atoms with Crippen molar-refractivity contribution in [2.24, 2.45) is 0 Å². The molecule has 0 aromatic carbocycles. The maximum atomic E-state index is 12.8. The van der Waals surface area contributed by atoms with E-state index in [9.17, 15) is 52.7 Å². The molecule has 0 amide bonds. The van der Waals surface area contributed by atoms with Gasteiger partial charge in [-0.3, -0.25) is 0 Å². The monoisotopic (exact) mass is 456 g/mol. The summed E-state index contributed by atoms with van der Waals surface area (Å²) in [5.41, 5.74) is -8.82. The molecule has 2 aromatic heterocycles. The zero-order chi connectivity index (χ0) is 23.1. The van der Waals surface area contributed by atoms with E-state index in [1.165, 1.54) is 0 Å². The highest BCUT2D eigenvalue weighted by atomic mass is 19.4. The first-order valence-corrected chi connectivity index (χ1v) is 7.68. The first-order chi connectivity index (χ1) is 13.4. The molecule has 0 saturated heterocycles. The lowest BCUT2D eigenvalue weighted by atomic mass is 10.0. The highest BCUT2D eigenvalue weighted by Crippen LogP contribution is 2.36. The number of hydrogen-bond donors (Lipinski definition) is 0. The fourth-order valence-electron chi connectivity index (χ4n) is 2.33. The maximum absolute atomic E-state index is 12.8. The molecule has 0 aliphatic rings. The van der Waals surface area contributed by atoms with Crippen molar-refractivity contribution in [3.63, 3.8) is 0 Å². The molecule has 0 N–H and O–H groups in total. The van der Waals surface area contributed by atoms with Crippen molar-refractivity contribution in [2.45, 2.75) is 37.5 Å². The molecule has 2 aromatic rings. The third kappa shape index (κ3) is 5.98. The van der Waals surface area contributed by atoms with E-state index >= 15 is 0 Å². The van der Waals surface area contributed by atoms with E-state index in [-0.39, 0.29) is 24.3 Å². The average Bonchev–Trinajstić information content (AvgIpc) is 2.56. The van der Waals surface area contributed by atoms with Gasteiger partial charge in [-0.2, -0.15) is 52.7 Å². The first-order valence-electron chi connectivity index (χ1n) is 7.68. The lowest BCUT2D eigenvalue weighted by molar-refractivity contribution is -0.151. The van der Waals surface area contributed by atoms with Gasteiger partial charge in [0, 0.05) is 0 Å². The second-order valence-electron chi connectivity index (χ2n) is 5.98. The predicted molar refractivity (Wildman–Crippen MR) is 75.9 cm³/mol. The molecule has 0 atom stereocenters. The summed E-state index contributed by atoms with van der Waals surface area (Å²) >= 11 is 0. The van der Waals surface area contributed by atoms with E-state index in [1.807, 2.05) is 0 Å². The topological polar surface area (TPSA) is 25.8 Å². The molecule has 0 spiro atoms. The van der Waals surface area contributed by atoms with Crippen LogP contribution in [-0.2, 0) is 37.5 Å². The Morgan fingerprint density at radius 2 is 0.633 bits per heavy atom. The number of aryl methyl sites for hydroxylation is 2. The number of rotatable bonds is 3. The summed E-state index contributed by atoms with van der Waals surface area (Å²) in [4.78, 5) is 4.93. The van der Waals surface area contributed by atoms with Gasteiger partial charge in [0.1, 0.15) is 22.8 Å². The lowest BCUT2D eigenvalue weighted by Gasteiger charge is -2.15. The molecular formula is C16H8F12N2. The van der Waals surface area contributed by atoms with E-state index < -0.39 is 71.4 Å². The van der Waals surface area contributed by atoms with E-state index in [0.29, 0.717) is 0 Å². The Morgan fingerprint density at radius 3 is 0.800 bits per heavy atom. The van der Waals surface area contributed by atoms with Gasteiger partial charge >= 0.3 is 24.7 Å². The number of pyridine rings is 2. The second-order valence-corrected chi connectivity index (χ2v) is 5.98. The van der Waals surface area contributed by atoms with Gasteiger partial charge in [0.05, 0.1) is 0 Å². The van der Waals surface area contributed by atoms with Gasteiger partial charge in [0.25, 0.3) is 0 Å². The molecule has 2 nitrogen and oxygen atoms in total. The summed E-state index contributed by atoms with van der Waals surface area (Å²) in [6.45, 7) is 0. The van der Waals surface area contributed by atoms with Gasteiger partial charge in [-0.1, -0.05) is 0 Å². The Balaban J connectivity index is 2.43. The van der Waals surface area contributed by atoms with Crippen LogP contribution in [0.25, 0.3) is 0 Å². The zero-order valence-corrected chi connectivity index (χ0v) is 14.2. The Labute approximate surface area is 159 Å². The molecule has 0 aliphatic heterocycles. The normalized spacial score (nSPS) is 13.6. The van der Waals surface area contributed by atoms with Crippen LogP contribution < -0.4 is 0 Å². The molecule has 2 rings (SSSR count). The van der Waals surface area contributed by atoms with E-state index in [2.05, 4.69) is 9.97 Å². The Kier molecular flexibility index (Phi) is 6.02. The molecule has 0 fully saturated rings. The largest absolute Gasteiger partial charge is 0.433 e. The molecule has 0 saturated carbocycles. The zero-order valence-electron chi connectivity index (χ0n) is 14.2. The van der Waals surface area contributed by atoms with Crippen molar-refractivity contribution in [1.29, 1.82) is 0 Å². The molecule has 0 unspecified atom stereocenters. The third-order valence-electron chi connectivity index (χ3n) is 3.63. The number of halogens is 12. The summed E-state index contributed by atoms with van der Waals surface area (Å²) in [7, 11) is 0. The molecular weight excluding hydrogens is 448 g/mol. The van der Waals surface area contributed by atoms with Gasteiger partial charge in [-0.15, -0.1) is 0 Å². The minimum atomic E-state index is -5.25. The summed E-state index contributed by atoms with van der Waals surface area (Å²) in [6.07, 6.45) is -22.4. The van der Waals surface area contributed by atoms with Crippen LogP contribution in [0.4, 0.5) is 52.7 Å². The van der Waals surface area contributed by atoms with E-state index in [4.69, 9.17) is 0 Å². The highest BCUT2D eigenvalue weighted by molar-refractivity contribution is 5.29. The Hall–Kier alpha value is -2.54. The number of hydrogen-bond acceptors (Lipinski definition) is 2. The summed E-state index contributed by atoms with van der Waals surface area (Å²) < 4.78 is 153. The van der Waals surface area contributed by atoms with Gasteiger partial charge < -0.3 is 0 Å². The van der Waals surface area contributed by atoms with E-state index in [0.717, 1.165) is 0 Å². The van der Waals surface area contributed by atoms with Crippen LogP contribution in [0.5, 0.6) is 0 Å².